The van der Waals surface area contributed by atoms with Crippen molar-refractivity contribution in [1.82, 2.24) is 119 Å². The number of halogens is 4. The van der Waals surface area contributed by atoms with Crippen molar-refractivity contribution in [3.8, 4) is 45.0 Å². The van der Waals surface area contributed by atoms with Crippen LogP contribution in [0, 0.1) is 23.3 Å². The number of nitrogens with one attached hydrogen (secondary N) is 10. The lowest BCUT2D eigenvalue weighted by Gasteiger charge is -2.27. The average Bonchev–Trinajstić information content (AvgIpc) is 1.54. The fraction of sp³-hybridized carbons (Fsp3) is 0.167. The maximum Gasteiger partial charge on any atom is 0.259 e. The molecular weight excluding hydrogens is 1690 g/mol. The molecule has 20 aromatic rings. The summed E-state index contributed by atoms with van der Waals surface area (Å²) >= 11 is 0. The Bertz CT molecular complexity index is 7670. The molecule has 1 saturated heterocycles. The van der Waals surface area contributed by atoms with Gasteiger partial charge in [0.05, 0.1) is 77.9 Å². The van der Waals surface area contributed by atoms with Crippen LogP contribution in [0.5, 0.6) is 0 Å². The quantitative estimate of drug-likeness (QED) is 0.0198. The number of piperazine rings is 1. The molecule has 0 atom stereocenters. The van der Waals surface area contributed by atoms with E-state index in [1.165, 1.54) is 105 Å². The highest BCUT2D eigenvalue weighted by Crippen LogP contribution is 2.32. The van der Waals surface area contributed by atoms with Gasteiger partial charge in [-0.25, -0.2) is 37.5 Å². The number of hydrogen-bond acceptors (Lipinski definition) is 21. The molecule has 10 N–H and O–H groups in total. The minimum absolute atomic E-state index is 0.113. The monoisotopic (exact) mass is 1770 g/mol. The van der Waals surface area contributed by atoms with Gasteiger partial charge in [-0.1, -0.05) is 72.8 Å². The summed E-state index contributed by atoms with van der Waals surface area (Å²) in [6, 6.07) is 45.3. The van der Waals surface area contributed by atoms with Crippen LogP contribution in [-0.2, 0) is 25.7 Å². The number of nitrogens with zero attached hydrogens (tertiary/aromatic N) is 18. The van der Waals surface area contributed by atoms with E-state index in [1.807, 2.05) is 97.6 Å². The molecule has 0 saturated carbocycles. The van der Waals surface area contributed by atoms with Crippen molar-refractivity contribution in [1.29, 1.82) is 0 Å². The molecule has 1 fully saturated rings. The molecule has 16 aromatic heterocycles. The second-order valence-electron chi connectivity index (χ2n) is 31.4. The summed E-state index contributed by atoms with van der Waals surface area (Å²) in [7, 11) is 4.89. The van der Waals surface area contributed by atoms with Crippen LogP contribution in [0.25, 0.3) is 111 Å². The maximum absolute atomic E-state index is 14.0. The first kappa shape index (κ1) is 85.9. The Morgan fingerprint density at radius 3 is 0.992 bits per heavy atom. The first-order valence-electron chi connectivity index (χ1n) is 42.5. The molecule has 21 rings (SSSR count). The Balaban J connectivity index is 0.000000118. The Kier molecular flexibility index (Phi) is 24.9. The van der Waals surface area contributed by atoms with Crippen LogP contribution < -0.4 is 31.9 Å². The molecule has 0 radical (unpaired) electrons. The smallest absolute Gasteiger partial charge is 0.259 e. The summed E-state index contributed by atoms with van der Waals surface area (Å²) in [5, 5.41) is 41.8. The number of para-hydroxylation sites is 4. The third kappa shape index (κ3) is 18.5. The Hall–Kier alpha value is -16.9. The predicted molar refractivity (Wildman–Crippen MR) is 497 cm³/mol. The van der Waals surface area contributed by atoms with Crippen molar-refractivity contribution in [2.24, 2.45) is 0 Å². The summed E-state index contributed by atoms with van der Waals surface area (Å²) in [6.07, 6.45) is 28.0. The minimum atomic E-state index is -0.460. The minimum Gasteiger partial charge on any atom is -0.370 e. The summed E-state index contributed by atoms with van der Waals surface area (Å²) in [5.74, 6) is 0.0425. The van der Waals surface area contributed by atoms with Crippen LogP contribution in [0.2, 0.25) is 0 Å². The molecule has 1 aliphatic heterocycles. The number of Topliss-reactive ketones (excluding diaryl/α,β-unsaturated/α-hetero) is 1. The molecule has 662 valence electrons. The third-order valence-corrected chi connectivity index (χ3v) is 22.5. The number of ketones is 1. The molecular formula is C96H86F4N28O4. The fourth-order valence-corrected chi connectivity index (χ4v) is 15.9. The second kappa shape index (κ2) is 38.3. The van der Waals surface area contributed by atoms with Crippen molar-refractivity contribution in [2.45, 2.75) is 32.6 Å². The van der Waals surface area contributed by atoms with Gasteiger partial charge in [-0.2, -0.15) is 38.5 Å². The van der Waals surface area contributed by atoms with Gasteiger partial charge in [0.15, 0.2) is 28.4 Å². The van der Waals surface area contributed by atoms with Crippen molar-refractivity contribution in [3.05, 3.63) is 313 Å². The normalized spacial score (nSPS) is 12.0. The van der Waals surface area contributed by atoms with Crippen LogP contribution in [0.1, 0.15) is 70.6 Å². The highest BCUT2D eigenvalue weighted by Gasteiger charge is 2.27. The van der Waals surface area contributed by atoms with E-state index in [9.17, 15) is 36.7 Å². The van der Waals surface area contributed by atoms with Crippen molar-refractivity contribution >= 4 is 113 Å². The standard InChI is InChI=1S/C26H25FN8O.C24H22FN7O.C23H20FN7O.C23H19FN6O/c27-19-11-18(13-29-15-19)23-12-24(30-6-5-17-14-31-22-4-2-1-3-20(17)22)35-25(33-23)21(16-32-35)26(36)34-9-7-28-8-10-34;1-31(2)24(33)19-14-29-32-22(10-21(30-23(19)32)16-9-17(25)13-26-11-16)27-8-7-15-12-28-20-6-4-3-5-18(15)20;1-25-23(32)18-13-29-31-21(9-20(30-22(18)31)15-8-16(24)12-26-10-15)27-7-6-14-11-28-19-5-3-2-4-17(14)19;1-14(31)19-13-28-30-22(9-21(29-23(19)30)16-8-17(24)12-25-10-16)26-7-6-15-11-27-20-5-3-2-4-18(15)20/h1-4,11-16,28,30-31H,5-10H2;3-6,9-14,27-28H,7-8H2,1-2H3;2-5,8-13,27-28H,6-7H2,1H3,(H,25,32);2-5,8-13,26-27H,6-7H2,1H3. The van der Waals surface area contributed by atoms with Crippen LogP contribution in [0.3, 0.4) is 0 Å². The van der Waals surface area contributed by atoms with Gasteiger partial charge in [-0.05, 0) is 103 Å². The Morgan fingerprint density at radius 2 is 0.674 bits per heavy atom. The van der Waals surface area contributed by atoms with E-state index in [-0.39, 0.29) is 23.5 Å². The molecule has 0 bridgehead atoms. The summed E-state index contributed by atoms with van der Waals surface area (Å²) in [6.45, 7) is 6.73. The van der Waals surface area contributed by atoms with Gasteiger partial charge in [-0.15, -0.1) is 0 Å². The number of aromatic nitrogens is 20. The van der Waals surface area contributed by atoms with Crippen molar-refractivity contribution in [3.63, 3.8) is 0 Å². The fourth-order valence-electron chi connectivity index (χ4n) is 15.9. The molecule has 4 aromatic carbocycles. The number of carbonyl (C=O) groups is 4. The van der Waals surface area contributed by atoms with E-state index >= 15 is 0 Å². The first-order valence-corrected chi connectivity index (χ1v) is 42.5. The lowest BCUT2D eigenvalue weighted by atomic mass is 10.1. The van der Waals surface area contributed by atoms with E-state index in [0.717, 1.165) is 85.6 Å². The molecule has 3 amide bonds. The van der Waals surface area contributed by atoms with E-state index in [0.29, 0.717) is 152 Å². The molecule has 36 heteroatoms. The second-order valence-corrected chi connectivity index (χ2v) is 31.4. The number of hydrogen-bond donors (Lipinski definition) is 10. The molecule has 132 heavy (non-hydrogen) atoms. The molecule has 0 unspecified atom stereocenters. The number of pyridine rings is 4. The van der Waals surface area contributed by atoms with Crippen LogP contribution >= 0.6 is 0 Å². The van der Waals surface area contributed by atoms with E-state index in [1.54, 1.807) is 87.1 Å². The highest BCUT2D eigenvalue weighted by atomic mass is 19.1. The zero-order chi connectivity index (χ0) is 90.9. The molecule has 0 aliphatic carbocycles. The molecule has 32 nitrogen and oxygen atoms in total. The molecule has 0 spiro atoms. The van der Waals surface area contributed by atoms with Crippen molar-refractivity contribution in [2.75, 3.05) is 94.8 Å². The van der Waals surface area contributed by atoms with E-state index in [2.05, 4.69) is 137 Å². The summed E-state index contributed by atoms with van der Waals surface area (Å²) in [5.41, 5.74) is 16.4. The van der Waals surface area contributed by atoms with Gasteiger partial charge in [-0.3, -0.25) is 39.1 Å². The van der Waals surface area contributed by atoms with E-state index < -0.39 is 23.3 Å². The van der Waals surface area contributed by atoms with Gasteiger partial charge < -0.3 is 61.6 Å². The van der Waals surface area contributed by atoms with Crippen LogP contribution in [0.4, 0.5) is 40.8 Å². The van der Waals surface area contributed by atoms with Gasteiger partial charge in [0, 0.05) is 213 Å². The van der Waals surface area contributed by atoms with Gasteiger partial charge in [0.25, 0.3) is 17.7 Å². The van der Waals surface area contributed by atoms with Gasteiger partial charge >= 0.3 is 0 Å². The van der Waals surface area contributed by atoms with Crippen molar-refractivity contribution < 1.29 is 36.7 Å². The lowest BCUT2D eigenvalue weighted by molar-refractivity contribution is 0.0736. The Labute approximate surface area is 749 Å². The average molecular weight is 1770 g/mol. The number of rotatable bonds is 24. The predicted octanol–water partition coefficient (Wildman–Crippen LogP) is 14.6. The maximum atomic E-state index is 14.0. The largest absolute Gasteiger partial charge is 0.370 e. The number of aromatic amines is 4. The Morgan fingerprint density at radius 1 is 0.379 bits per heavy atom. The first-order chi connectivity index (χ1) is 64.4. The SMILES string of the molecule is CC(=O)c1cnn2c(NCCc3c[nH]c4ccccc34)cc(-c3cncc(F)c3)nc12.CN(C)C(=O)c1cnn2c(NCCc3c[nH]c4ccccc34)cc(-c3cncc(F)c3)nc12.CNC(=O)c1cnn2c(NCCc3c[nH]c4ccccc34)cc(-c3cncc(F)c3)nc12.O=C(c1cnn2c(NCCc3c[nH]c4ccccc34)cc(-c3cncc(F)c3)nc12)N1CCNCC1. The van der Waals surface area contributed by atoms with E-state index in [4.69, 9.17) is 4.98 Å². The number of benzene rings is 4. The number of H-pyrrole nitrogens is 4. The number of carbonyl (C=O) groups excluding carboxylic acids is 4. The van der Waals surface area contributed by atoms with Gasteiger partial charge in [0.1, 0.15) is 63.2 Å². The number of fused-ring (bicyclic) bond motifs is 8. The summed E-state index contributed by atoms with van der Waals surface area (Å²) < 4.78 is 61.7. The topological polar surface area (TPSA) is 382 Å². The zero-order valence-corrected chi connectivity index (χ0v) is 71.8. The lowest BCUT2D eigenvalue weighted by Crippen LogP contribution is -2.46. The number of anilines is 4. The molecule has 1 aliphatic rings. The zero-order valence-electron chi connectivity index (χ0n) is 71.8. The number of amides is 3. The third-order valence-electron chi connectivity index (χ3n) is 22.5. The molecule has 17 heterocycles. The highest BCUT2D eigenvalue weighted by molar-refractivity contribution is 6.03. The van der Waals surface area contributed by atoms with Crippen LogP contribution in [-0.4, -0.2) is 205 Å². The van der Waals surface area contributed by atoms with Crippen LogP contribution in [0.15, 0.2) is 245 Å². The van der Waals surface area contributed by atoms with Gasteiger partial charge in [0.2, 0.25) is 0 Å². The summed E-state index contributed by atoms with van der Waals surface area (Å²) in [4.78, 5) is 101.